The fraction of sp³-hybridized carbons (Fsp3) is 0.111. The van der Waals surface area contributed by atoms with Gasteiger partial charge in [0.2, 0.25) is 0 Å². The van der Waals surface area contributed by atoms with E-state index in [2.05, 4.69) is 15.6 Å². The van der Waals surface area contributed by atoms with Gasteiger partial charge in [-0.25, -0.2) is 9.37 Å². The lowest BCUT2D eigenvalue weighted by Crippen LogP contribution is -2.31. The van der Waals surface area contributed by atoms with Gasteiger partial charge in [-0.05, 0) is 35.2 Å². The van der Waals surface area contributed by atoms with Crippen LogP contribution in [0.15, 0.2) is 72.9 Å². The first-order valence-corrected chi connectivity index (χ1v) is 11.3. The molecule has 36 heavy (non-hydrogen) atoms. The molecule has 0 spiro atoms. The van der Waals surface area contributed by atoms with Gasteiger partial charge in [-0.2, -0.15) is 0 Å². The number of amides is 1. The molecule has 9 heteroatoms. The van der Waals surface area contributed by atoms with Crippen molar-refractivity contribution in [3.63, 3.8) is 0 Å². The minimum atomic E-state index is -0.629. The Morgan fingerprint density at radius 1 is 1.03 bits per heavy atom. The lowest BCUT2D eigenvalue weighted by atomic mass is 9.94. The summed E-state index contributed by atoms with van der Waals surface area (Å²) >= 11 is 0. The van der Waals surface area contributed by atoms with Gasteiger partial charge in [-0.15, -0.1) is 0 Å². The van der Waals surface area contributed by atoms with E-state index in [1.54, 1.807) is 18.2 Å². The van der Waals surface area contributed by atoms with E-state index in [-0.39, 0.29) is 28.7 Å². The summed E-state index contributed by atoms with van der Waals surface area (Å²) in [7, 11) is 0. The number of aromatic nitrogens is 1. The Hall–Kier alpha value is -4.79. The fourth-order valence-electron chi connectivity index (χ4n) is 4.32. The van der Waals surface area contributed by atoms with Crippen LogP contribution < -0.4 is 16.4 Å². The first kappa shape index (κ1) is 23.0. The van der Waals surface area contributed by atoms with Gasteiger partial charge in [0.15, 0.2) is 0 Å². The number of benzene rings is 3. The topological polar surface area (TPSA) is 123 Å². The number of anilines is 2. The lowest BCUT2D eigenvalue weighted by molar-refractivity contribution is -0.383. The monoisotopic (exact) mass is 483 g/mol. The molecule has 4 N–H and O–H groups in total. The molecule has 1 aromatic heterocycles. The van der Waals surface area contributed by atoms with Crippen LogP contribution in [0.5, 0.6) is 0 Å². The second-order valence-electron chi connectivity index (χ2n) is 8.48. The number of carbonyl (C=O) groups excluding carboxylic acids is 1. The highest BCUT2D eigenvalue weighted by molar-refractivity contribution is 5.97. The van der Waals surface area contributed by atoms with Crippen LogP contribution in [0.25, 0.3) is 22.3 Å². The van der Waals surface area contributed by atoms with Gasteiger partial charge in [0.05, 0.1) is 4.92 Å². The minimum absolute atomic E-state index is 0.0399. The Balaban J connectivity index is 1.52. The molecule has 1 aliphatic rings. The number of nitrogen functional groups attached to an aromatic ring is 1. The van der Waals surface area contributed by atoms with E-state index in [4.69, 9.17) is 5.73 Å². The van der Waals surface area contributed by atoms with Gasteiger partial charge >= 0.3 is 0 Å². The summed E-state index contributed by atoms with van der Waals surface area (Å²) in [6, 6.07) is 18.7. The zero-order valence-electron chi connectivity index (χ0n) is 19.1. The molecule has 3 aromatic carbocycles. The molecule has 0 aliphatic carbocycles. The Bertz CT molecular complexity index is 1490. The largest absolute Gasteiger partial charge is 0.383 e. The molecular formula is C27H22FN5O3. The number of hydrogen-bond acceptors (Lipinski definition) is 6. The van der Waals surface area contributed by atoms with Crippen LogP contribution >= 0.6 is 0 Å². The van der Waals surface area contributed by atoms with Crippen LogP contribution in [0.3, 0.4) is 0 Å². The van der Waals surface area contributed by atoms with Crippen molar-refractivity contribution in [1.82, 2.24) is 10.3 Å². The lowest BCUT2D eigenvalue weighted by Gasteiger charge is -2.18. The number of nitrogens with one attached hydrogen (secondary N) is 2. The molecule has 5 rings (SSSR count). The van der Waals surface area contributed by atoms with Crippen molar-refractivity contribution in [3.8, 4) is 22.3 Å². The van der Waals surface area contributed by atoms with Crippen LogP contribution in [-0.2, 0) is 13.0 Å². The number of hydrogen-bond donors (Lipinski definition) is 3. The van der Waals surface area contributed by atoms with Gasteiger partial charge in [0.25, 0.3) is 11.6 Å². The standard InChI is InChI=1S/C27H22FN5O3/c28-23-13-24(31-14-16-4-2-1-3-5-16)25(33(35)36)12-21(23)19-11-22(26(29)32-15-19)17-6-7-20-18(10-17)8-9-30-27(20)34/h1-7,10-13,15,31H,8-9,14H2,(H2,29,32)(H,30,34). The summed E-state index contributed by atoms with van der Waals surface area (Å²) in [5, 5.41) is 17.6. The number of nitro groups is 1. The number of rotatable bonds is 6. The third-order valence-corrected chi connectivity index (χ3v) is 6.18. The van der Waals surface area contributed by atoms with Crippen molar-refractivity contribution in [2.75, 3.05) is 17.6 Å². The number of nitro benzene ring substituents is 1. The van der Waals surface area contributed by atoms with Gasteiger partial charge in [-0.1, -0.05) is 42.5 Å². The van der Waals surface area contributed by atoms with Gasteiger partial charge in [-0.3, -0.25) is 14.9 Å². The molecule has 1 amide bonds. The number of nitrogens with two attached hydrogens (primary N) is 1. The molecule has 0 radical (unpaired) electrons. The predicted molar refractivity (Wildman–Crippen MR) is 136 cm³/mol. The quantitative estimate of drug-likeness (QED) is 0.264. The summed E-state index contributed by atoms with van der Waals surface area (Å²) in [6.07, 6.45) is 2.07. The molecule has 0 fully saturated rings. The highest BCUT2D eigenvalue weighted by atomic mass is 19.1. The molecule has 180 valence electrons. The third kappa shape index (κ3) is 4.46. The molecular weight excluding hydrogens is 461 g/mol. The number of carbonyl (C=O) groups is 1. The highest BCUT2D eigenvalue weighted by Gasteiger charge is 2.21. The molecule has 4 aromatic rings. The zero-order valence-corrected chi connectivity index (χ0v) is 19.1. The molecule has 0 bridgehead atoms. The van der Waals surface area contributed by atoms with Gasteiger partial charge < -0.3 is 16.4 Å². The zero-order chi connectivity index (χ0) is 25.2. The van der Waals surface area contributed by atoms with Crippen LogP contribution in [0.4, 0.5) is 21.6 Å². The minimum Gasteiger partial charge on any atom is -0.383 e. The molecule has 0 saturated heterocycles. The molecule has 2 heterocycles. The van der Waals surface area contributed by atoms with Crippen molar-refractivity contribution in [1.29, 1.82) is 0 Å². The summed E-state index contributed by atoms with van der Waals surface area (Å²) < 4.78 is 15.2. The Labute approximate surface area is 206 Å². The molecule has 0 unspecified atom stereocenters. The maximum Gasteiger partial charge on any atom is 0.293 e. The highest BCUT2D eigenvalue weighted by Crippen LogP contribution is 2.36. The average Bonchev–Trinajstić information content (AvgIpc) is 2.88. The van der Waals surface area contributed by atoms with E-state index < -0.39 is 10.7 Å². The van der Waals surface area contributed by atoms with Crippen molar-refractivity contribution < 1.29 is 14.1 Å². The van der Waals surface area contributed by atoms with Crippen molar-refractivity contribution >= 4 is 23.1 Å². The number of fused-ring (bicyclic) bond motifs is 1. The van der Waals surface area contributed by atoms with E-state index >= 15 is 4.39 Å². The van der Waals surface area contributed by atoms with E-state index in [9.17, 15) is 14.9 Å². The number of nitrogens with zero attached hydrogens (tertiary/aromatic N) is 2. The van der Waals surface area contributed by atoms with Gasteiger partial charge in [0, 0.05) is 53.7 Å². The molecule has 0 atom stereocenters. The maximum atomic E-state index is 15.2. The third-order valence-electron chi connectivity index (χ3n) is 6.18. The normalized spacial score (nSPS) is 12.5. The smallest absolute Gasteiger partial charge is 0.293 e. The Kier molecular flexibility index (Phi) is 6.03. The van der Waals surface area contributed by atoms with Crippen LogP contribution in [-0.4, -0.2) is 22.4 Å². The molecule has 0 saturated carbocycles. The molecule has 1 aliphatic heterocycles. The van der Waals surface area contributed by atoms with Gasteiger partial charge in [0.1, 0.15) is 17.3 Å². The van der Waals surface area contributed by atoms with E-state index in [0.29, 0.717) is 36.2 Å². The first-order valence-electron chi connectivity index (χ1n) is 11.3. The van der Waals surface area contributed by atoms with Crippen molar-refractivity contribution in [2.24, 2.45) is 0 Å². The summed E-state index contributed by atoms with van der Waals surface area (Å²) in [6.45, 7) is 0.854. The number of halogens is 1. The fourth-order valence-corrected chi connectivity index (χ4v) is 4.32. The van der Waals surface area contributed by atoms with Crippen LogP contribution in [0, 0.1) is 15.9 Å². The van der Waals surface area contributed by atoms with E-state index in [1.807, 2.05) is 36.4 Å². The average molecular weight is 484 g/mol. The summed E-state index contributed by atoms with van der Waals surface area (Å²) in [5.41, 5.74) is 10.0. The van der Waals surface area contributed by atoms with Crippen LogP contribution in [0.1, 0.15) is 21.5 Å². The second kappa shape index (κ2) is 9.46. The number of pyridine rings is 1. The van der Waals surface area contributed by atoms with Crippen LogP contribution in [0.2, 0.25) is 0 Å². The van der Waals surface area contributed by atoms with E-state index in [0.717, 1.165) is 22.8 Å². The summed E-state index contributed by atoms with van der Waals surface area (Å²) in [5.74, 6) is -0.524. The second-order valence-corrected chi connectivity index (χ2v) is 8.48. The maximum absolute atomic E-state index is 15.2. The van der Waals surface area contributed by atoms with E-state index in [1.165, 1.54) is 12.3 Å². The van der Waals surface area contributed by atoms with Crippen molar-refractivity contribution in [2.45, 2.75) is 13.0 Å². The Morgan fingerprint density at radius 3 is 2.61 bits per heavy atom. The predicted octanol–water partition coefficient (Wildman–Crippen LogP) is 4.94. The first-order chi connectivity index (χ1) is 17.4. The Morgan fingerprint density at radius 2 is 1.83 bits per heavy atom. The summed E-state index contributed by atoms with van der Waals surface area (Å²) in [4.78, 5) is 27.6. The van der Waals surface area contributed by atoms with Crippen molar-refractivity contribution in [3.05, 3.63) is 106 Å². The SMILES string of the molecule is Nc1ncc(-c2cc([N+](=O)[O-])c(NCc3ccccc3)cc2F)cc1-c1ccc2c(c1)CCNC2=O. The molecule has 8 nitrogen and oxygen atoms in total.